The van der Waals surface area contributed by atoms with Crippen molar-refractivity contribution in [2.75, 3.05) is 26.3 Å². The lowest BCUT2D eigenvalue weighted by Gasteiger charge is -2.32. The van der Waals surface area contributed by atoms with Gasteiger partial charge in [-0.1, -0.05) is 0 Å². The molecule has 0 bridgehead atoms. The van der Waals surface area contributed by atoms with Gasteiger partial charge in [0.05, 0.1) is 25.2 Å². The normalized spacial score (nSPS) is 36.9. The summed E-state index contributed by atoms with van der Waals surface area (Å²) in [5, 5.41) is 9.48. The Kier molecular flexibility index (Phi) is 3.23. The summed E-state index contributed by atoms with van der Waals surface area (Å²) in [5.74, 6) is -0.172. The van der Waals surface area contributed by atoms with E-state index in [1.165, 1.54) is 0 Å². The number of aliphatic hydroxyl groups excluding tert-OH is 1. The lowest BCUT2D eigenvalue weighted by Crippen LogP contribution is -2.48. The molecular formula is C10H18N2O3. The molecule has 15 heavy (non-hydrogen) atoms. The van der Waals surface area contributed by atoms with E-state index in [2.05, 4.69) is 0 Å². The summed E-state index contributed by atoms with van der Waals surface area (Å²) in [6, 6.07) is -0.184. The van der Waals surface area contributed by atoms with Crippen LogP contribution in [0.3, 0.4) is 0 Å². The number of rotatable bonds is 1. The molecule has 2 aliphatic rings. The average molecular weight is 214 g/mol. The van der Waals surface area contributed by atoms with Crippen molar-refractivity contribution in [3.05, 3.63) is 0 Å². The Morgan fingerprint density at radius 3 is 2.87 bits per heavy atom. The molecule has 2 unspecified atom stereocenters. The van der Waals surface area contributed by atoms with E-state index in [4.69, 9.17) is 10.5 Å². The zero-order chi connectivity index (χ0) is 10.8. The van der Waals surface area contributed by atoms with Crippen LogP contribution < -0.4 is 5.73 Å². The minimum Gasteiger partial charge on any atom is -0.391 e. The highest BCUT2D eigenvalue weighted by Gasteiger charge is 2.35. The van der Waals surface area contributed by atoms with Crippen molar-refractivity contribution in [2.24, 2.45) is 11.7 Å². The van der Waals surface area contributed by atoms with Gasteiger partial charge in [0.1, 0.15) is 0 Å². The first-order valence-corrected chi connectivity index (χ1v) is 5.48. The molecule has 3 N–H and O–H groups in total. The summed E-state index contributed by atoms with van der Waals surface area (Å²) in [5.41, 5.74) is 5.79. The van der Waals surface area contributed by atoms with Crippen LogP contribution in [0, 0.1) is 5.92 Å². The monoisotopic (exact) mass is 214 g/mol. The molecule has 2 saturated heterocycles. The second-order valence-electron chi connectivity index (χ2n) is 4.39. The molecule has 5 heteroatoms. The minimum absolute atomic E-state index is 0.0405. The van der Waals surface area contributed by atoms with E-state index < -0.39 is 0 Å². The molecule has 0 radical (unpaired) electrons. The minimum atomic E-state index is -0.374. The van der Waals surface area contributed by atoms with Gasteiger partial charge in [0.25, 0.3) is 0 Å². The summed E-state index contributed by atoms with van der Waals surface area (Å²) in [6.45, 7) is 2.07. The largest absolute Gasteiger partial charge is 0.391 e. The third kappa shape index (κ3) is 2.30. The second kappa shape index (κ2) is 4.47. The van der Waals surface area contributed by atoms with Crippen LogP contribution in [0.15, 0.2) is 0 Å². The summed E-state index contributed by atoms with van der Waals surface area (Å²) < 4.78 is 5.17. The van der Waals surface area contributed by atoms with Crippen molar-refractivity contribution in [1.82, 2.24) is 4.90 Å². The molecule has 3 atom stereocenters. The van der Waals surface area contributed by atoms with E-state index in [1.807, 2.05) is 0 Å². The molecule has 2 heterocycles. The number of nitrogens with two attached hydrogens (primary N) is 1. The van der Waals surface area contributed by atoms with Crippen LogP contribution in [-0.2, 0) is 9.53 Å². The van der Waals surface area contributed by atoms with E-state index in [-0.39, 0.29) is 24.0 Å². The van der Waals surface area contributed by atoms with Crippen molar-refractivity contribution in [3.63, 3.8) is 0 Å². The third-order valence-corrected chi connectivity index (χ3v) is 3.15. The predicted octanol–water partition coefficient (Wildman–Crippen LogP) is -1.06. The van der Waals surface area contributed by atoms with Crippen molar-refractivity contribution < 1.29 is 14.6 Å². The molecule has 2 fully saturated rings. The van der Waals surface area contributed by atoms with Gasteiger partial charge in [0.15, 0.2) is 0 Å². The smallest absolute Gasteiger partial charge is 0.229 e. The first kappa shape index (κ1) is 10.9. The van der Waals surface area contributed by atoms with Gasteiger partial charge in [-0.25, -0.2) is 0 Å². The Hall–Kier alpha value is -0.650. The number of β-amino-alcohol motifs (C(OH)–C–C–N with tert-alkyl or cyclic N) is 1. The molecule has 0 aromatic rings. The molecule has 0 aromatic heterocycles. The summed E-state index contributed by atoms with van der Waals surface area (Å²) in [4.78, 5) is 13.7. The van der Waals surface area contributed by atoms with Crippen LogP contribution >= 0.6 is 0 Å². The quantitative estimate of drug-likeness (QED) is 0.583. The summed E-state index contributed by atoms with van der Waals surface area (Å²) in [7, 11) is 0. The van der Waals surface area contributed by atoms with Gasteiger partial charge in [0.2, 0.25) is 5.91 Å². The number of piperidine rings is 1. The first-order valence-electron chi connectivity index (χ1n) is 5.48. The lowest BCUT2D eigenvalue weighted by atomic mass is 10.0. The van der Waals surface area contributed by atoms with Crippen molar-refractivity contribution in [2.45, 2.75) is 25.0 Å². The van der Waals surface area contributed by atoms with E-state index in [0.717, 1.165) is 19.4 Å². The lowest BCUT2D eigenvalue weighted by molar-refractivity contribution is -0.138. The maximum atomic E-state index is 12.0. The van der Waals surface area contributed by atoms with Gasteiger partial charge in [-0.2, -0.15) is 0 Å². The van der Waals surface area contributed by atoms with Gasteiger partial charge >= 0.3 is 0 Å². The van der Waals surface area contributed by atoms with Gasteiger partial charge in [-0.3, -0.25) is 4.79 Å². The third-order valence-electron chi connectivity index (χ3n) is 3.15. The maximum Gasteiger partial charge on any atom is 0.229 e. The zero-order valence-electron chi connectivity index (χ0n) is 8.76. The highest BCUT2D eigenvalue weighted by molar-refractivity contribution is 5.80. The molecule has 1 amide bonds. The maximum absolute atomic E-state index is 12.0. The van der Waals surface area contributed by atoms with Crippen molar-refractivity contribution in [1.29, 1.82) is 0 Å². The Labute approximate surface area is 89.2 Å². The Morgan fingerprint density at radius 2 is 2.27 bits per heavy atom. The van der Waals surface area contributed by atoms with Crippen LogP contribution in [0.4, 0.5) is 0 Å². The molecular weight excluding hydrogens is 196 g/mol. The number of amides is 1. The fourth-order valence-corrected chi connectivity index (χ4v) is 2.21. The molecule has 5 nitrogen and oxygen atoms in total. The summed E-state index contributed by atoms with van der Waals surface area (Å²) in [6.07, 6.45) is 1.29. The standard InChI is InChI=1S/C10H18N2O3/c11-9-6-15-5-8(9)10(14)12-3-1-2-7(13)4-12/h7-9,13H,1-6,11H2/t7-,8?,9?/m0/s1. The van der Waals surface area contributed by atoms with Crippen LogP contribution in [0.25, 0.3) is 0 Å². The highest BCUT2D eigenvalue weighted by Crippen LogP contribution is 2.18. The van der Waals surface area contributed by atoms with Gasteiger partial charge in [-0.15, -0.1) is 0 Å². The Bertz CT molecular complexity index is 247. The molecule has 0 aliphatic carbocycles. The second-order valence-corrected chi connectivity index (χ2v) is 4.39. The number of nitrogens with zero attached hydrogens (tertiary/aromatic N) is 1. The number of aliphatic hydroxyl groups is 1. The molecule has 86 valence electrons. The molecule has 0 spiro atoms. The number of carbonyl (C=O) groups excluding carboxylic acids is 1. The highest BCUT2D eigenvalue weighted by atomic mass is 16.5. The molecule has 0 saturated carbocycles. The first-order chi connectivity index (χ1) is 7.18. The Morgan fingerprint density at radius 1 is 1.47 bits per heavy atom. The van der Waals surface area contributed by atoms with Crippen LogP contribution in [0.5, 0.6) is 0 Å². The van der Waals surface area contributed by atoms with Crippen LogP contribution in [0.1, 0.15) is 12.8 Å². The molecule has 2 aliphatic heterocycles. The van der Waals surface area contributed by atoms with Gasteiger partial charge in [0, 0.05) is 19.1 Å². The summed E-state index contributed by atoms with van der Waals surface area (Å²) >= 11 is 0. The van der Waals surface area contributed by atoms with E-state index in [9.17, 15) is 9.90 Å². The van der Waals surface area contributed by atoms with E-state index >= 15 is 0 Å². The zero-order valence-corrected chi connectivity index (χ0v) is 8.76. The van der Waals surface area contributed by atoms with Crippen LogP contribution in [-0.4, -0.2) is 54.4 Å². The predicted molar refractivity (Wildman–Crippen MR) is 54.1 cm³/mol. The van der Waals surface area contributed by atoms with Gasteiger partial charge < -0.3 is 20.5 Å². The number of carbonyl (C=O) groups is 1. The Balaban J connectivity index is 1.94. The number of hydrogen-bond donors (Lipinski definition) is 2. The SMILES string of the molecule is NC1COCC1C(=O)N1CCC[C@H](O)C1. The number of likely N-dealkylation sites (tertiary alicyclic amines) is 1. The molecule has 0 aromatic carbocycles. The number of hydrogen-bond acceptors (Lipinski definition) is 4. The average Bonchev–Trinajstić information content (AvgIpc) is 2.63. The van der Waals surface area contributed by atoms with Crippen molar-refractivity contribution >= 4 is 5.91 Å². The van der Waals surface area contributed by atoms with Crippen molar-refractivity contribution in [3.8, 4) is 0 Å². The van der Waals surface area contributed by atoms with Crippen LogP contribution in [0.2, 0.25) is 0 Å². The number of ether oxygens (including phenoxy) is 1. The molecule has 2 rings (SSSR count). The fourth-order valence-electron chi connectivity index (χ4n) is 2.21. The van der Waals surface area contributed by atoms with E-state index in [1.54, 1.807) is 4.90 Å². The van der Waals surface area contributed by atoms with Gasteiger partial charge in [-0.05, 0) is 12.8 Å². The fraction of sp³-hybridized carbons (Fsp3) is 0.900. The topological polar surface area (TPSA) is 75.8 Å². The van der Waals surface area contributed by atoms with E-state index in [0.29, 0.717) is 19.8 Å².